The van der Waals surface area contributed by atoms with Gasteiger partial charge in [-0.1, -0.05) is 43.1 Å². The Labute approximate surface area is 111 Å². The number of halogens is 2. The maximum Gasteiger partial charge on any atom is 0.0965 e. The minimum Gasteiger partial charge on any atom is -0.220 e. The second kappa shape index (κ2) is 4.67. The predicted molar refractivity (Wildman–Crippen MR) is 71.1 cm³/mol. The van der Waals surface area contributed by atoms with Crippen molar-refractivity contribution in [3.63, 3.8) is 0 Å². The summed E-state index contributed by atoms with van der Waals surface area (Å²) in [4.78, 5) is 0.216. The van der Waals surface area contributed by atoms with Crippen LogP contribution in [0, 0.1) is 6.92 Å². The number of hydrogen-bond acceptors (Lipinski definition) is 2. The molecule has 0 bridgehead atoms. The van der Waals surface area contributed by atoms with E-state index in [4.69, 9.17) is 0 Å². The van der Waals surface area contributed by atoms with Crippen LogP contribution in [0.1, 0.15) is 23.0 Å². The summed E-state index contributed by atoms with van der Waals surface area (Å²) in [6.45, 7) is 4.09. The Bertz CT molecular complexity index is 506. The van der Waals surface area contributed by atoms with Crippen LogP contribution in [0.5, 0.6) is 0 Å². The summed E-state index contributed by atoms with van der Waals surface area (Å²) in [5.41, 5.74) is 3.14. The van der Waals surface area contributed by atoms with E-state index in [1.165, 1.54) is 5.56 Å². The van der Waals surface area contributed by atoms with Crippen molar-refractivity contribution in [3.8, 4) is 5.69 Å². The lowest BCUT2D eigenvalue weighted by Gasteiger charge is -2.04. The highest BCUT2D eigenvalue weighted by Gasteiger charge is 2.09. The highest BCUT2D eigenvalue weighted by Crippen LogP contribution is 2.22. The van der Waals surface area contributed by atoms with E-state index in [-0.39, 0.29) is 4.83 Å². The molecule has 1 atom stereocenters. The van der Waals surface area contributed by atoms with Crippen LogP contribution in [0.4, 0.5) is 0 Å². The molecule has 0 saturated carbocycles. The summed E-state index contributed by atoms with van der Waals surface area (Å²) in [6, 6.07) is 6.11. The zero-order chi connectivity index (χ0) is 11.7. The van der Waals surface area contributed by atoms with E-state index in [0.29, 0.717) is 0 Å². The number of alkyl halides is 1. The lowest BCUT2D eigenvalue weighted by Crippen LogP contribution is -1.97. The van der Waals surface area contributed by atoms with Gasteiger partial charge in [-0.15, -0.1) is 5.10 Å². The van der Waals surface area contributed by atoms with E-state index in [0.717, 1.165) is 15.9 Å². The lowest BCUT2D eigenvalue weighted by molar-refractivity contribution is 0.793. The summed E-state index contributed by atoms with van der Waals surface area (Å²) >= 11 is 6.93. The Morgan fingerprint density at radius 2 is 2.12 bits per heavy atom. The van der Waals surface area contributed by atoms with Gasteiger partial charge in [0.15, 0.2) is 0 Å². The van der Waals surface area contributed by atoms with Gasteiger partial charge in [-0.2, -0.15) is 0 Å². The Kier molecular flexibility index (Phi) is 3.44. The molecular weight excluding hydrogens is 334 g/mol. The molecule has 1 unspecified atom stereocenters. The Morgan fingerprint density at radius 3 is 2.75 bits per heavy atom. The third-order valence-electron chi connectivity index (χ3n) is 2.34. The second-order valence-corrected chi connectivity index (χ2v) is 5.92. The van der Waals surface area contributed by atoms with Crippen molar-refractivity contribution in [2.45, 2.75) is 18.7 Å². The molecule has 0 N–H and O–H groups in total. The van der Waals surface area contributed by atoms with Gasteiger partial charge >= 0.3 is 0 Å². The first-order valence-electron chi connectivity index (χ1n) is 4.91. The summed E-state index contributed by atoms with van der Waals surface area (Å²) in [5.74, 6) is 0. The average Bonchev–Trinajstić information content (AvgIpc) is 2.70. The highest BCUT2D eigenvalue weighted by atomic mass is 79.9. The first-order valence-corrected chi connectivity index (χ1v) is 6.61. The van der Waals surface area contributed by atoms with Gasteiger partial charge < -0.3 is 0 Å². The number of benzene rings is 1. The van der Waals surface area contributed by atoms with Crippen molar-refractivity contribution >= 4 is 31.9 Å². The van der Waals surface area contributed by atoms with Crippen LogP contribution in [0.2, 0.25) is 0 Å². The van der Waals surface area contributed by atoms with Crippen molar-refractivity contribution in [3.05, 3.63) is 40.1 Å². The smallest absolute Gasteiger partial charge is 0.0965 e. The largest absolute Gasteiger partial charge is 0.220 e. The molecule has 1 aromatic heterocycles. The lowest BCUT2D eigenvalue weighted by atomic mass is 10.2. The Hall–Kier alpha value is -0.680. The van der Waals surface area contributed by atoms with E-state index in [2.05, 4.69) is 55.2 Å². The average molecular weight is 345 g/mol. The van der Waals surface area contributed by atoms with Gasteiger partial charge in [0.05, 0.1) is 22.4 Å². The molecule has 0 aliphatic carbocycles. The van der Waals surface area contributed by atoms with Crippen LogP contribution < -0.4 is 0 Å². The van der Waals surface area contributed by atoms with Gasteiger partial charge in [-0.25, -0.2) is 4.68 Å². The van der Waals surface area contributed by atoms with Gasteiger partial charge in [0.1, 0.15) is 0 Å². The fourth-order valence-corrected chi connectivity index (χ4v) is 1.96. The molecule has 0 saturated heterocycles. The van der Waals surface area contributed by atoms with Gasteiger partial charge in [-0.05, 0) is 31.5 Å². The van der Waals surface area contributed by atoms with Crippen molar-refractivity contribution in [1.29, 1.82) is 0 Å². The van der Waals surface area contributed by atoms with Crippen molar-refractivity contribution < 1.29 is 0 Å². The van der Waals surface area contributed by atoms with Crippen LogP contribution in [-0.2, 0) is 0 Å². The molecule has 1 aromatic carbocycles. The molecule has 5 heteroatoms. The minimum atomic E-state index is 0.216. The van der Waals surface area contributed by atoms with E-state index < -0.39 is 0 Å². The van der Waals surface area contributed by atoms with Crippen LogP contribution in [0.25, 0.3) is 5.69 Å². The quantitative estimate of drug-likeness (QED) is 0.776. The number of nitrogens with zero attached hydrogens (tertiary/aromatic N) is 3. The van der Waals surface area contributed by atoms with Crippen molar-refractivity contribution in [2.75, 3.05) is 0 Å². The molecule has 0 radical (unpaired) electrons. The fourth-order valence-electron chi connectivity index (χ4n) is 1.41. The summed E-state index contributed by atoms with van der Waals surface area (Å²) in [5, 5.41) is 8.24. The summed E-state index contributed by atoms with van der Waals surface area (Å²) in [6.07, 6.45) is 1.94. The van der Waals surface area contributed by atoms with E-state index in [1.54, 1.807) is 4.68 Å². The predicted octanol–water partition coefficient (Wildman–Crippen LogP) is 3.79. The third-order valence-corrected chi connectivity index (χ3v) is 3.30. The molecular formula is C11H11Br2N3. The van der Waals surface area contributed by atoms with Gasteiger partial charge in [0.25, 0.3) is 0 Å². The van der Waals surface area contributed by atoms with Gasteiger partial charge in [0, 0.05) is 4.47 Å². The van der Waals surface area contributed by atoms with E-state index >= 15 is 0 Å². The third kappa shape index (κ3) is 2.35. The number of aromatic nitrogens is 3. The number of aryl methyl sites for hydroxylation is 1. The van der Waals surface area contributed by atoms with E-state index in [1.807, 2.05) is 25.3 Å². The van der Waals surface area contributed by atoms with Crippen molar-refractivity contribution in [2.24, 2.45) is 0 Å². The molecule has 16 heavy (non-hydrogen) atoms. The standard InChI is InChI=1S/C11H11Br2N3/c1-7-3-4-9(13)5-11(7)16-6-10(8(2)12)14-15-16/h3-6,8H,1-2H3. The zero-order valence-electron chi connectivity index (χ0n) is 8.98. The minimum absolute atomic E-state index is 0.216. The fraction of sp³-hybridized carbons (Fsp3) is 0.273. The molecule has 0 fully saturated rings. The molecule has 2 rings (SSSR count). The first-order chi connectivity index (χ1) is 7.58. The number of rotatable bonds is 2. The van der Waals surface area contributed by atoms with Gasteiger partial charge in [0.2, 0.25) is 0 Å². The van der Waals surface area contributed by atoms with E-state index in [9.17, 15) is 0 Å². The van der Waals surface area contributed by atoms with Crippen molar-refractivity contribution in [1.82, 2.24) is 15.0 Å². The number of hydrogen-bond donors (Lipinski definition) is 0. The van der Waals surface area contributed by atoms with Gasteiger partial charge in [-0.3, -0.25) is 0 Å². The molecule has 0 amide bonds. The van der Waals surface area contributed by atoms with Crippen LogP contribution in [0.3, 0.4) is 0 Å². The Morgan fingerprint density at radius 1 is 1.38 bits per heavy atom. The molecule has 3 nitrogen and oxygen atoms in total. The normalized spacial score (nSPS) is 12.8. The summed E-state index contributed by atoms with van der Waals surface area (Å²) < 4.78 is 2.84. The SMILES string of the molecule is Cc1ccc(Br)cc1-n1cc(C(C)Br)nn1. The summed E-state index contributed by atoms with van der Waals surface area (Å²) in [7, 11) is 0. The maximum atomic E-state index is 4.13. The molecule has 84 valence electrons. The maximum absolute atomic E-state index is 4.13. The topological polar surface area (TPSA) is 30.7 Å². The monoisotopic (exact) mass is 343 g/mol. The molecule has 0 aliphatic heterocycles. The molecule has 0 spiro atoms. The highest BCUT2D eigenvalue weighted by molar-refractivity contribution is 9.10. The Balaban J connectivity index is 2.46. The van der Waals surface area contributed by atoms with Crippen LogP contribution in [-0.4, -0.2) is 15.0 Å². The second-order valence-electron chi connectivity index (χ2n) is 3.63. The first kappa shape index (κ1) is 11.8. The zero-order valence-corrected chi connectivity index (χ0v) is 12.2. The molecule has 1 heterocycles. The van der Waals surface area contributed by atoms with Crippen LogP contribution in [0.15, 0.2) is 28.9 Å². The van der Waals surface area contributed by atoms with Crippen LogP contribution >= 0.6 is 31.9 Å². The molecule has 2 aromatic rings. The molecule has 0 aliphatic rings.